The molecule has 2 aromatic rings. The summed E-state index contributed by atoms with van der Waals surface area (Å²) < 4.78 is 1.93. The summed E-state index contributed by atoms with van der Waals surface area (Å²) in [7, 11) is 1.93. The van der Waals surface area contributed by atoms with Crippen LogP contribution in [0.3, 0.4) is 0 Å². The zero-order valence-electron chi connectivity index (χ0n) is 14.2. The molecule has 0 spiro atoms. The standard InChI is InChI=1S/C18H23ClN4O.ClH/c1-23-11-10-21-18(23)17(14-3-5-15(19)6-4-14)22-16(24)7-2-13-8-9-20-12-13;/h3-6,10-11,13,17,20H,2,7-9,12H2,1H3,(H,22,24);1H. The number of hydrogen-bond donors (Lipinski definition) is 2. The molecule has 2 heterocycles. The molecule has 0 bridgehead atoms. The van der Waals surface area contributed by atoms with E-state index in [1.165, 1.54) is 0 Å². The van der Waals surface area contributed by atoms with Gasteiger partial charge in [-0.15, -0.1) is 12.4 Å². The third-order valence-corrected chi connectivity index (χ3v) is 4.82. The molecular weight excluding hydrogens is 359 g/mol. The van der Waals surface area contributed by atoms with Crippen LogP contribution < -0.4 is 10.6 Å². The number of benzene rings is 1. The number of carbonyl (C=O) groups excluding carboxylic acids is 1. The van der Waals surface area contributed by atoms with Crippen LogP contribution in [0.4, 0.5) is 0 Å². The van der Waals surface area contributed by atoms with Crippen molar-refractivity contribution >= 4 is 29.9 Å². The number of nitrogens with zero attached hydrogens (tertiary/aromatic N) is 2. The average Bonchev–Trinajstić information content (AvgIpc) is 3.23. The number of aromatic nitrogens is 2. The molecule has 7 heteroatoms. The van der Waals surface area contributed by atoms with Gasteiger partial charge in [-0.05, 0) is 49.5 Å². The fraction of sp³-hybridized carbons (Fsp3) is 0.444. The fourth-order valence-electron chi connectivity index (χ4n) is 3.14. The highest BCUT2D eigenvalue weighted by Crippen LogP contribution is 2.23. The maximum Gasteiger partial charge on any atom is 0.220 e. The molecule has 1 aromatic heterocycles. The lowest BCUT2D eigenvalue weighted by Gasteiger charge is -2.20. The summed E-state index contributed by atoms with van der Waals surface area (Å²) in [4.78, 5) is 16.9. The smallest absolute Gasteiger partial charge is 0.220 e. The van der Waals surface area contributed by atoms with Crippen LogP contribution in [-0.2, 0) is 11.8 Å². The predicted octanol–water partition coefficient (Wildman–Crippen LogP) is 3.09. The number of rotatable bonds is 6. The van der Waals surface area contributed by atoms with Crippen molar-refractivity contribution in [1.82, 2.24) is 20.2 Å². The molecule has 25 heavy (non-hydrogen) atoms. The van der Waals surface area contributed by atoms with Crippen molar-refractivity contribution in [1.29, 1.82) is 0 Å². The van der Waals surface area contributed by atoms with Gasteiger partial charge in [0.25, 0.3) is 0 Å². The van der Waals surface area contributed by atoms with Gasteiger partial charge >= 0.3 is 0 Å². The van der Waals surface area contributed by atoms with Crippen molar-refractivity contribution in [3.8, 4) is 0 Å². The van der Waals surface area contributed by atoms with E-state index in [-0.39, 0.29) is 24.4 Å². The molecule has 136 valence electrons. The number of imidazole rings is 1. The number of hydrogen-bond acceptors (Lipinski definition) is 3. The lowest BCUT2D eigenvalue weighted by atomic mass is 10.0. The van der Waals surface area contributed by atoms with E-state index in [1.807, 2.05) is 42.1 Å². The van der Waals surface area contributed by atoms with Gasteiger partial charge in [0.2, 0.25) is 5.91 Å². The molecule has 1 fully saturated rings. The molecular formula is C18H24Cl2N4O. The largest absolute Gasteiger partial charge is 0.342 e. The molecule has 1 aromatic carbocycles. The Bertz CT molecular complexity index is 681. The predicted molar refractivity (Wildman–Crippen MR) is 102 cm³/mol. The summed E-state index contributed by atoms with van der Waals surface area (Å²) in [6, 6.07) is 7.27. The van der Waals surface area contributed by atoms with Crippen LogP contribution in [0.15, 0.2) is 36.7 Å². The van der Waals surface area contributed by atoms with Crippen LogP contribution in [0, 0.1) is 5.92 Å². The average molecular weight is 383 g/mol. The summed E-state index contributed by atoms with van der Waals surface area (Å²) in [6.07, 6.45) is 6.25. The Morgan fingerprint density at radius 1 is 1.44 bits per heavy atom. The second kappa shape index (κ2) is 9.22. The highest BCUT2D eigenvalue weighted by atomic mass is 35.5. The zero-order chi connectivity index (χ0) is 16.9. The van der Waals surface area contributed by atoms with Gasteiger partial charge in [0.15, 0.2) is 0 Å². The third-order valence-electron chi connectivity index (χ3n) is 4.57. The normalized spacial score (nSPS) is 17.8. The van der Waals surface area contributed by atoms with E-state index in [0.29, 0.717) is 17.4 Å². The molecule has 1 aliphatic heterocycles. The van der Waals surface area contributed by atoms with Gasteiger partial charge in [0, 0.05) is 30.9 Å². The van der Waals surface area contributed by atoms with Gasteiger partial charge in [-0.25, -0.2) is 4.98 Å². The van der Waals surface area contributed by atoms with Crippen molar-refractivity contribution in [3.63, 3.8) is 0 Å². The molecule has 2 atom stereocenters. The van der Waals surface area contributed by atoms with E-state index in [1.54, 1.807) is 6.20 Å². The molecule has 1 amide bonds. The summed E-state index contributed by atoms with van der Waals surface area (Å²) in [5.74, 6) is 1.48. The Hall–Kier alpha value is -1.56. The Morgan fingerprint density at radius 2 is 2.20 bits per heavy atom. The molecule has 1 aliphatic rings. The number of halogens is 2. The molecule has 3 rings (SSSR count). The number of carbonyl (C=O) groups is 1. The van der Waals surface area contributed by atoms with Crippen molar-refractivity contribution in [2.45, 2.75) is 25.3 Å². The number of amides is 1. The van der Waals surface area contributed by atoms with Crippen LogP contribution in [-0.4, -0.2) is 28.5 Å². The van der Waals surface area contributed by atoms with Crippen molar-refractivity contribution in [2.24, 2.45) is 13.0 Å². The highest BCUT2D eigenvalue weighted by molar-refractivity contribution is 6.30. The van der Waals surface area contributed by atoms with E-state index in [9.17, 15) is 4.79 Å². The van der Waals surface area contributed by atoms with Gasteiger partial charge in [-0.2, -0.15) is 0 Å². The lowest BCUT2D eigenvalue weighted by Crippen LogP contribution is -2.31. The Morgan fingerprint density at radius 3 is 2.80 bits per heavy atom. The first-order valence-electron chi connectivity index (χ1n) is 8.36. The van der Waals surface area contributed by atoms with Crippen LogP contribution in [0.25, 0.3) is 0 Å². The third kappa shape index (κ3) is 5.21. The topological polar surface area (TPSA) is 59.0 Å². The summed E-state index contributed by atoms with van der Waals surface area (Å²) >= 11 is 5.99. The molecule has 2 unspecified atom stereocenters. The van der Waals surface area contributed by atoms with Gasteiger partial charge in [0.05, 0.1) is 0 Å². The summed E-state index contributed by atoms with van der Waals surface area (Å²) in [6.45, 7) is 2.08. The molecule has 1 saturated heterocycles. The molecule has 0 saturated carbocycles. The molecule has 0 aliphatic carbocycles. The Kier molecular flexibility index (Phi) is 7.29. The van der Waals surface area contributed by atoms with Crippen molar-refractivity contribution in [2.75, 3.05) is 13.1 Å². The lowest BCUT2D eigenvalue weighted by molar-refractivity contribution is -0.121. The fourth-order valence-corrected chi connectivity index (χ4v) is 3.26. The van der Waals surface area contributed by atoms with Gasteiger partial charge < -0.3 is 15.2 Å². The SMILES string of the molecule is Cl.Cn1ccnc1C(NC(=O)CCC1CCNC1)c1ccc(Cl)cc1. The maximum absolute atomic E-state index is 12.5. The number of nitrogens with one attached hydrogen (secondary N) is 2. The maximum atomic E-state index is 12.5. The van der Waals surface area contributed by atoms with Crippen LogP contribution in [0.1, 0.15) is 36.7 Å². The monoisotopic (exact) mass is 382 g/mol. The van der Waals surface area contributed by atoms with Gasteiger partial charge in [-0.3, -0.25) is 4.79 Å². The van der Waals surface area contributed by atoms with Gasteiger partial charge in [0.1, 0.15) is 11.9 Å². The molecule has 2 N–H and O–H groups in total. The van der Waals surface area contributed by atoms with Crippen LogP contribution >= 0.6 is 24.0 Å². The zero-order valence-corrected chi connectivity index (χ0v) is 15.8. The minimum atomic E-state index is -0.267. The quantitative estimate of drug-likeness (QED) is 0.806. The first kappa shape index (κ1) is 19.8. The molecule has 5 nitrogen and oxygen atoms in total. The van der Waals surface area contributed by atoms with E-state index < -0.39 is 0 Å². The first-order chi connectivity index (χ1) is 11.6. The summed E-state index contributed by atoms with van der Waals surface area (Å²) in [5.41, 5.74) is 0.976. The van der Waals surface area contributed by atoms with E-state index in [4.69, 9.17) is 11.6 Å². The van der Waals surface area contributed by atoms with E-state index >= 15 is 0 Å². The van der Waals surface area contributed by atoms with E-state index in [2.05, 4.69) is 15.6 Å². The minimum absolute atomic E-state index is 0. The number of aryl methyl sites for hydroxylation is 1. The Balaban J connectivity index is 0.00000225. The van der Waals surface area contributed by atoms with Crippen LogP contribution in [0.5, 0.6) is 0 Å². The summed E-state index contributed by atoms with van der Waals surface area (Å²) in [5, 5.41) is 7.15. The first-order valence-corrected chi connectivity index (χ1v) is 8.74. The highest BCUT2D eigenvalue weighted by Gasteiger charge is 2.22. The van der Waals surface area contributed by atoms with Gasteiger partial charge in [-0.1, -0.05) is 23.7 Å². The molecule has 0 radical (unpaired) electrons. The van der Waals surface area contributed by atoms with Crippen molar-refractivity contribution in [3.05, 3.63) is 53.1 Å². The van der Waals surface area contributed by atoms with E-state index in [0.717, 1.165) is 37.3 Å². The van der Waals surface area contributed by atoms with Crippen LogP contribution in [0.2, 0.25) is 5.02 Å². The Labute approximate surface area is 159 Å². The second-order valence-corrected chi connectivity index (χ2v) is 6.78. The van der Waals surface area contributed by atoms with Crippen molar-refractivity contribution < 1.29 is 4.79 Å². The minimum Gasteiger partial charge on any atom is -0.342 e. The second-order valence-electron chi connectivity index (χ2n) is 6.35.